The van der Waals surface area contributed by atoms with Crippen molar-refractivity contribution in [3.8, 4) is 28.4 Å². The second kappa shape index (κ2) is 11.2. The molecule has 38 heavy (non-hydrogen) atoms. The van der Waals surface area contributed by atoms with Crippen molar-refractivity contribution in [2.24, 2.45) is 0 Å². The van der Waals surface area contributed by atoms with E-state index in [1.165, 1.54) is 0 Å². The minimum absolute atomic E-state index is 0.240. The molecule has 0 aromatic heterocycles. The molecule has 0 spiro atoms. The monoisotopic (exact) mass is 507 g/mol. The molecule has 0 aliphatic carbocycles. The summed E-state index contributed by atoms with van der Waals surface area (Å²) >= 11 is 0. The number of likely N-dealkylation sites (N-methyl/N-ethyl adjacent to an activating group) is 1. The average molecular weight is 508 g/mol. The number of hydrogen-bond acceptors (Lipinski definition) is 5. The Morgan fingerprint density at radius 2 is 1.71 bits per heavy atom. The predicted molar refractivity (Wildman–Crippen MR) is 148 cm³/mol. The summed E-state index contributed by atoms with van der Waals surface area (Å²) in [6.45, 7) is 1.86. The van der Waals surface area contributed by atoms with Crippen LogP contribution in [0.2, 0.25) is 0 Å². The van der Waals surface area contributed by atoms with Gasteiger partial charge in [0, 0.05) is 18.7 Å². The standard InChI is InChI=1S/C31H29N3O4/c1-34(2)16-17-37-25-7-5-6-23(18-25)22-12-10-21(11-13-22)20-32-30(35)24-14-15-29-27(19-24)33-31(36)26-8-3-4-9-28(26)38-29/h3-15,18-19H,16-17,20H2,1-2H3,(H,32,35)(H,33,36). The number of ether oxygens (including phenoxy) is 2. The smallest absolute Gasteiger partial charge is 0.259 e. The first-order chi connectivity index (χ1) is 18.5. The van der Waals surface area contributed by atoms with E-state index in [1.54, 1.807) is 36.4 Å². The molecule has 1 aliphatic heterocycles. The molecule has 5 rings (SSSR count). The van der Waals surface area contributed by atoms with Crippen molar-refractivity contribution in [1.82, 2.24) is 10.2 Å². The van der Waals surface area contributed by atoms with Gasteiger partial charge in [0.25, 0.3) is 11.8 Å². The van der Waals surface area contributed by atoms with Crippen LogP contribution in [0.1, 0.15) is 26.3 Å². The lowest BCUT2D eigenvalue weighted by molar-refractivity contribution is 0.0949. The summed E-state index contributed by atoms with van der Waals surface area (Å²) in [5.74, 6) is 1.29. The van der Waals surface area contributed by atoms with Gasteiger partial charge >= 0.3 is 0 Å². The average Bonchev–Trinajstić information content (AvgIpc) is 3.07. The fourth-order valence-electron chi connectivity index (χ4n) is 4.12. The number of carbonyl (C=O) groups excluding carboxylic acids is 2. The minimum Gasteiger partial charge on any atom is -0.492 e. The fraction of sp³-hybridized carbons (Fsp3) is 0.161. The molecule has 0 saturated carbocycles. The molecule has 0 unspecified atom stereocenters. The van der Waals surface area contributed by atoms with Crippen molar-refractivity contribution in [1.29, 1.82) is 0 Å². The van der Waals surface area contributed by atoms with E-state index in [-0.39, 0.29) is 11.8 Å². The highest BCUT2D eigenvalue weighted by Crippen LogP contribution is 2.36. The molecule has 7 heteroatoms. The summed E-state index contributed by atoms with van der Waals surface area (Å²) in [6, 6.07) is 28.1. The summed E-state index contributed by atoms with van der Waals surface area (Å²) in [5.41, 5.74) is 4.45. The molecule has 4 aromatic carbocycles. The number of fused-ring (bicyclic) bond motifs is 2. The zero-order valence-electron chi connectivity index (χ0n) is 21.4. The Kier molecular flexibility index (Phi) is 7.38. The SMILES string of the molecule is CN(C)CCOc1cccc(-c2ccc(CNC(=O)c3ccc4c(c3)NC(=O)c3ccccc3O4)cc2)c1. The van der Waals surface area contributed by atoms with Gasteiger partial charge in [-0.1, -0.05) is 48.5 Å². The molecule has 2 N–H and O–H groups in total. The Morgan fingerprint density at radius 3 is 2.53 bits per heavy atom. The van der Waals surface area contributed by atoms with Crippen LogP contribution in [-0.2, 0) is 6.54 Å². The van der Waals surface area contributed by atoms with Crippen molar-refractivity contribution in [3.05, 3.63) is 108 Å². The molecule has 2 amide bonds. The first kappa shape index (κ1) is 25.0. The molecule has 0 saturated heterocycles. The highest BCUT2D eigenvalue weighted by molar-refractivity contribution is 6.08. The van der Waals surface area contributed by atoms with Crippen molar-refractivity contribution in [2.75, 3.05) is 32.6 Å². The number of hydrogen-bond donors (Lipinski definition) is 2. The van der Waals surface area contributed by atoms with Crippen LogP contribution >= 0.6 is 0 Å². The van der Waals surface area contributed by atoms with Crippen LogP contribution in [0.5, 0.6) is 17.2 Å². The third kappa shape index (κ3) is 5.85. The number of amides is 2. The summed E-state index contributed by atoms with van der Waals surface area (Å²) in [5, 5.41) is 5.78. The summed E-state index contributed by atoms with van der Waals surface area (Å²) in [4.78, 5) is 27.5. The fourth-order valence-corrected chi connectivity index (χ4v) is 4.12. The summed E-state index contributed by atoms with van der Waals surface area (Å²) < 4.78 is 11.7. The first-order valence-electron chi connectivity index (χ1n) is 12.4. The lowest BCUT2D eigenvalue weighted by Crippen LogP contribution is -2.23. The minimum atomic E-state index is -0.275. The van der Waals surface area contributed by atoms with Gasteiger partial charge in [-0.15, -0.1) is 0 Å². The van der Waals surface area contributed by atoms with Crippen molar-refractivity contribution in [3.63, 3.8) is 0 Å². The Hall–Kier alpha value is -4.62. The van der Waals surface area contributed by atoms with Crippen LogP contribution in [0.4, 0.5) is 5.69 Å². The second-order valence-corrected chi connectivity index (χ2v) is 9.32. The summed E-state index contributed by atoms with van der Waals surface area (Å²) in [6.07, 6.45) is 0. The van der Waals surface area contributed by atoms with E-state index in [9.17, 15) is 9.59 Å². The maximum absolute atomic E-state index is 12.9. The Labute approximate surface area is 222 Å². The van der Waals surface area contributed by atoms with Gasteiger partial charge in [-0.3, -0.25) is 9.59 Å². The van der Waals surface area contributed by atoms with E-state index in [0.29, 0.717) is 41.5 Å². The van der Waals surface area contributed by atoms with Gasteiger partial charge in [-0.2, -0.15) is 0 Å². The molecule has 0 bridgehead atoms. The predicted octanol–water partition coefficient (Wildman–Crippen LogP) is 5.58. The Morgan fingerprint density at radius 1 is 0.895 bits per heavy atom. The molecular formula is C31H29N3O4. The highest BCUT2D eigenvalue weighted by atomic mass is 16.5. The van der Waals surface area contributed by atoms with Gasteiger partial charge in [0.1, 0.15) is 18.1 Å². The lowest BCUT2D eigenvalue weighted by atomic mass is 10.0. The van der Waals surface area contributed by atoms with Crippen LogP contribution < -0.4 is 20.1 Å². The van der Waals surface area contributed by atoms with Crippen molar-refractivity contribution in [2.45, 2.75) is 6.54 Å². The van der Waals surface area contributed by atoms with Crippen LogP contribution in [0.3, 0.4) is 0 Å². The largest absolute Gasteiger partial charge is 0.492 e. The van der Waals surface area contributed by atoms with E-state index in [4.69, 9.17) is 9.47 Å². The van der Waals surface area contributed by atoms with E-state index in [0.717, 1.165) is 29.0 Å². The normalized spacial score (nSPS) is 12.0. The van der Waals surface area contributed by atoms with Gasteiger partial charge in [-0.05, 0) is 73.3 Å². The number of nitrogens with zero attached hydrogens (tertiary/aromatic N) is 1. The summed E-state index contributed by atoms with van der Waals surface area (Å²) in [7, 11) is 4.04. The molecule has 7 nitrogen and oxygen atoms in total. The van der Waals surface area contributed by atoms with Crippen LogP contribution in [0, 0.1) is 0 Å². The molecule has 192 valence electrons. The topological polar surface area (TPSA) is 79.9 Å². The maximum atomic E-state index is 12.9. The van der Waals surface area contributed by atoms with E-state index >= 15 is 0 Å². The number of carbonyl (C=O) groups is 2. The van der Waals surface area contributed by atoms with Crippen LogP contribution in [0.15, 0.2) is 91.0 Å². The third-order valence-electron chi connectivity index (χ3n) is 6.22. The highest BCUT2D eigenvalue weighted by Gasteiger charge is 2.21. The quantitative estimate of drug-likeness (QED) is 0.325. The zero-order valence-corrected chi connectivity index (χ0v) is 21.4. The molecule has 0 atom stereocenters. The zero-order chi connectivity index (χ0) is 26.5. The Balaban J connectivity index is 1.21. The number of benzene rings is 4. The van der Waals surface area contributed by atoms with Crippen LogP contribution in [0.25, 0.3) is 11.1 Å². The van der Waals surface area contributed by atoms with Gasteiger partial charge < -0.3 is 25.0 Å². The van der Waals surface area contributed by atoms with Crippen molar-refractivity contribution >= 4 is 17.5 Å². The van der Waals surface area contributed by atoms with Gasteiger partial charge in [0.05, 0.1) is 11.3 Å². The molecule has 0 fully saturated rings. The van der Waals surface area contributed by atoms with Gasteiger partial charge in [-0.25, -0.2) is 0 Å². The molecular weight excluding hydrogens is 478 g/mol. The number of nitrogens with one attached hydrogen (secondary N) is 2. The van der Waals surface area contributed by atoms with Crippen LogP contribution in [-0.4, -0.2) is 44.0 Å². The molecule has 4 aromatic rings. The van der Waals surface area contributed by atoms with E-state index in [1.807, 2.05) is 62.6 Å². The molecule has 0 radical (unpaired) electrons. The van der Waals surface area contributed by atoms with Crippen molar-refractivity contribution < 1.29 is 19.1 Å². The molecule has 1 aliphatic rings. The Bertz CT molecular complexity index is 1460. The first-order valence-corrected chi connectivity index (χ1v) is 12.4. The number of anilines is 1. The molecule has 1 heterocycles. The maximum Gasteiger partial charge on any atom is 0.259 e. The second-order valence-electron chi connectivity index (χ2n) is 9.32. The van der Waals surface area contributed by atoms with Gasteiger partial charge in [0.15, 0.2) is 5.75 Å². The number of rotatable bonds is 8. The van der Waals surface area contributed by atoms with E-state index < -0.39 is 0 Å². The van der Waals surface area contributed by atoms with Gasteiger partial charge in [0.2, 0.25) is 0 Å². The van der Waals surface area contributed by atoms with E-state index in [2.05, 4.69) is 21.6 Å². The lowest BCUT2D eigenvalue weighted by Gasteiger charge is -2.12. The number of para-hydroxylation sites is 1. The third-order valence-corrected chi connectivity index (χ3v) is 6.22.